The minimum absolute atomic E-state index is 0.736. The highest BCUT2D eigenvalue weighted by Crippen LogP contribution is 2.32. The summed E-state index contributed by atoms with van der Waals surface area (Å²) in [4.78, 5) is 2.77. The number of hydrogen-bond acceptors (Lipinski definition) is 2. The van der Waals surface area contributed by atoms with Crippen molar-refractivity contribution in [2.75, 3.05) is 19.6 Å². The molecule has 2 heteroatoms. The van der Waals surface area contributed by atoms with E-state index < -0.39 is 0 Å². The molecule has 2 rings (SSSR count). The topological polar surface area (TPSA) is 15.3 Å². The highest BCUT2D eigenvalue weighted by atomic mass is 15.2. The van der Waals surface area contributed by atoms with Crippen molar-refractivity contribution in [1.82, 2.24) is 10.2 Å². The fraction of sp³-hybridized carbons (Fsp3) is 1.00. The Morgan fingerprint density at radius 3 is 2.75 bits per heavy atom. The third-order valence-electron chi connectivity index (χ3n) is 4.63. The summed E-state index contributed by atoms with van der Waals surface area (Å²) >= 11 is 0. The number of piperazine rings is 1. The van der Waals surface area contributed by atoms with E-state index in [1.54, 1.807) is 0 Å². The van der Waals surface area contributed by atoms with Crippen LogP contribution in [0.3, 0.4) is 0 Å². The molecule has 0 aromatic rings. The van der Waals surface area contributed by atoms with E-state index in [1.165, 1.54) is 45.3 Å². The monoisotopic (exact) mass is 224 g/mol. The summed E-state index contributed by atoms with van der Waals surface area (Å²) in [6, 6.07) is 1.60. The zero-order valence-corrected chi connectivity index (χ0v) is 11.2. The molecule has 2 aliphatic rings. The Labute approximate surface area is 101 Å². The highest BCUT2D eigenvalue weighted by molar-refractivity contribution is 4.88. The average molecular weight is 224 g/mol. The Balaban J connectivity index is 1.90. The molecule has 16 heavy (non-hydrogen) atoms. The van der Waals surface area contributed by atoms with E-state index in [1.807, 2.05) is 0 Å². The summed E-state index contributed by atoms with van der Waals surface area (Å²) in [6.45, 7) is 10.9. The maximum absolute atomic E-state index is 3.62. The third kappa shape index (κ3) is 2.78. The molecule has 1 aliphatic heterocycles. The quantitative estimate of drug-likeness (QED) is 0.775. The maximum Gasteiger partial charge on any atom is 0.0193 e. The highest BCUT2D eigenvalue weighted by Gasteiger charge is 2.32. The van der Waals surface area contributed by atoms with E-state index in [-0.39, 0.29) is 0 Å². The standard InChI is InChI=1S/C14H28N2/c1-4-13-10-16(8-7-15-13)14-6-5-11(2)9-12(14)3/h11-15H,4-10H2,1-3H3. The lowest BCUT2D eigenvalue weighted by molar-refractivity contribution is 0.0667. The van der Waals surface area contributed by atoms with E-state index >= 15 is 0 Å². The van der Waals surface area contributed by atoms with Crippen LogP contribution in [0, 0.1) is 11.8 Å². The van der Waals surface area contributed by atoms with Gasteiger partial charge < -0.3 is 5.32 Å². The van der Waals surface area contributed by atoms with Crippen LogP contribution in [0.1, 0.15) is 46.5 Å². The minimum atomic E-state index is 0.736. The van der Waals surface area contributed by atoms with Crippen molar-refractivity contribution >= 4 is 0 Å². The predicted octanol–water partition coefficient (Wildman–Crippen LogP) is 2.49. The van der Waals surface area contributed by atoms with Gasteiger partial charge in [-0.1, -0.05) is 20.8 Å². The minimum Gasteiger partial charge on any atom is -0.311 e. The number of rotatable bonds is 2. The van der Waals surface area contributed by atoms with E-state index in [2.05, 4.69) is 31.0 Å². The van der Waals surface area contributed by atoms with Gasteiger partial charge >= 0.3 is 0 Å². The molecule has 2 nitrogen and oxygen atoms in total. The molecule has 4 unspecified atom stereocenters. The van der Waals surface area contributed by atoms with Crippen LogP contribution < -0.4 is 5.32 Å². The van der Waals surface area contributed by atoms with Gasteiger partial charge in [0.25, 0.3) is 0 Å². The summed E-state index contributed by atoms with van der Waals surface area (Å²) in [5.41, 5.74) is 0. The molecule has 1 saturated heterocycles. The normalized spacial score (nSPS) is 42.2. The largest absolute Gasteiger partial charge is 0.311 e. The first-order valence-corrected chi connectivity index (χ1v) is 7.18. The van der Waals surface area contributed by atoms with Crippen molar-refractivity contribution in [2.45, 2.75) is 58.5 Å². The molecule has 4 atom stereocenters. The van der Waals surface area contributed by atoms with Gasteiger partial charge in [0.1, 0.15) is 0 Å². The Morgan fingerprint density at radius 2 is 2.06 bits per heavy atom. The molecule has 0 aromatic heterocycles. The molecule has 94 valence electrons. The first-order valence-electron chi connectivity index (χ1n) is 7.18. The van der Waals surface area contributed by atoms with Crippen LogP contribution in [0.5, 0.6) is 0 Å². The zero-order chi connectivity index (χ0) is 11.5. The lowest BCUT2D eigenvalue weighted by Crippen LogP contribution is -2.55. The van der Waals surface area contributed by atoms with Gasteiger partial charge in [-0.05, 0) is 37.5 Å². The molecule has 1 N–H and O–H groups in total. The lowest BCUT2D eigenvalue weighted by Gasteiger charge is -2.44. The molecule has 1 heterocycles. The van der Waals surface area contributed by atoms with Crippen molar-refractivity contribution in [1.29, 1.82) is 0 Å². The second-order valence-corrected chi connectivity index (χ2v) is 6.02. The summed E-state index contributed by atoms with van der Waals surface area (Å²) in [5.74, 6) is 1.86. The van der Waals surface area contributed by atoms with Gasteiger partial charge in [0.2, 0.25) is 0 Å². The Bertz CT molecular complexity index is 217. The van der Waals surface area contributed by atoms with Crippen molar-refractivity contribution in [3.63, 3.8) is 0 Å². The van der Waals surface area contributed by atoms with Crippen LogP contribution >= 0.6 is 0 Å². The summed E-state index contributed by atoms with van der Waals surface area (Å²) in [5, 5.41) is 3.62. The van der Waals surface area contributed by atoms with Crippen molar-refractivity contribution in [3.05, 3.63) is 0 Å². The van der Waals surface area contributed by atoms with E-state index in [0.717, 1.165) is 23.9 Å². The SMILES string of the molecule is CCC1CN(C2CCC(C)CC2C)CCN1. The lowest BCUT2D eigenvalue weighted by atomic mass is 9.79. The number of hydrogen-bond donors (Lipinski definition) is 1. The molecule has 0 spiro atoms. The van der Waals surface area contributed by atoms with E-state index in [4.69, 9.17) is 0 Å². The third-order valence-corrected chi connectivity index (χ3v) is 4.63. The molecule has 0 aromatic carbocycles. The second kappa shape index (κ2) is 5.50. The van der Waals surface area contributed by atoms with Gasteiger partial charge in [-0.3, -0.25) is 4.90 Å². The van der Waals surface area contributed by atoms with Gasteiger partial charge in [-0.15, -0.1) is 0 Å². The molecule has 0 amide bonds. The average Bonchev–Trinajstić information content (AvgIpc) is 2.29. The summed E-state index contributed by atoms with van der Waals surface area (Å²) < 4.78 is 0. The molecule has 0 bridgehead atoms. The number of nitrogens with one attached hydrogen (secondary N) is 1. The Morgan fingerprint density at radius 1 is 1.25 bits per heavy atom. The fourth-order valence-electron chi connectivity index (χ4n) is 3.62. The van der Waals surface area contributed by atoms with Gasteiger partial charge in [-0.2, -0.15) is 0 Å². The van der Waals surface area contributed by atoms with Crippen LogP contribution in [0.4, 0.5) is 0 Å². The van der Waals surface area contributed by atoms with Gasteiger partial charge in [-0.25, -0.2) is 0 Å². The second-order valence-electron chi connectivity index (χ2n) is 6.02. The first kappa shape index (κ1) is 12.4. The molecule has 2 fully saturated rings. The zero-order valence-electron chi connectivity index (χ0n) is 11.2. The van der Waals surface area contributed by atoms with Gasteiger partial charge in [0.05, 0.1) is 0 Å². The molecular weight excluding hydrogens is 196 g/mol. The van der Waals surface area contributed by atoms with Crippen LogP contribution in [0.15, 0.2) is 0 Å². The van der Waals surface area contributed by atoms with Crippen molar-refractivity contribution in [2.24, 2.45) is 11.8 Å². The smallest absolute Gasteiger partial charge is 0.0193 e. The van der Waals surface area contributed by atoms with Crippen LogP contribution in [-0.4, -0.2) is 36.6 Å². The molecule has 0 radical (unpaired) electrons. The van der Waals surface area contributed by atoms with Crippen LogP contribution in [0.25, 0.3) is 0 Å². The molecule has 1 saturated carbocycles. The summed E-state index contributed by atoms with van der Waals surface area (Å²) in [7, 11) is 0. The predicted molar refractivity (Wildman–Crippen MR) is 69.6 cm³/mol. The number of nitrogens with zero attached hydrogens (tertiary/aromatic N) is 1. The first-order chi connectivity index (χ1) is 7.70. The maximum atomic E-state index is 3.62. The van der Waals surface area contributed by atoms with E-state index in [9.17, 15) is 0 Å². The van der Waals surface area contributed by atoms with Gasteiger partial charge in [0, 0.05) is 31.7 Å². The fourth-order valence-corrected chi connectivity index (χ4v) is 3.62. The Hall–Kier alpha value is -0.0800. The molecular formula is C14H28N2. The van der Waals surface area contributed by atoms with Crippen LogP contribution in [0.2, 0.25) is 0 Å². The van der Waals surface area contributed by atoms with Crippen LogP contribution in [-0.2, 0) is 0 Å². The summed E-state index contributed by atoms with van der Waals surface area (Å²) in [6.07, 6.45) is 5.58. The van der Waals surface area contributed by atoms with Gasteiger partial charge in [0.15, 0.2) is 0 Å². The van der Waals surface area contributed by atoms with Crippen molar-refractivity contribution in [3.8, 4) is 0 Å². The van der Waals surface area contributed by atoms with E-state index in [0.29, 0.717) is 0 Å². The van der Waals surface area contributed by atoms with Crippen molar-refractivity contribution < 1.29 is 0 Å². The Kier molecular flexibility index (Phi) is 4.26. The molecule has 1 aliphatic carbocycles.